The minimum Gasteiger partial charge on any atom is -0.466 e. The van der Waals surface area contributed by atoms with E-state index in [1.807, 2.05) is 20.0 Å². The van der Waals surface area contributed by atoms with Gasteiger partial charge >= 0.3 is 5.97 Å². The maximum atomic E-state index is 11.3. The minimum atomic E-state index is -0.152. The van der Waals surface area contributed by atoms with Gasteiger partial charge in [-0.15, -0.1) is 11.3 Å². The van der Waals surface area contributed by atoms with Gasteiger partial charge in [-0.05, 0) is 26.7 Å². The molecule has 6 nitrogen and oxygen atoms in total. The fraction of sp³-hybridized carbons (Fsp3) is 0.667. The fourth-order valence-electron chi connectivity index (χ4n) is 1.75. The molecule has 0 radical (unpaired) electrons. The molecule has 0 spiro atoms. The molecule has 0 unspecified atom stereocenters. The van der Waals surface area contributed by atoms with Crippen LogP contribution < -0.4 is 10.6 Å². The van der Waals surface area contributed by atoms with E-state index in [2.05, 4.69) is 27.5 Å². The van der Waals surface area contributed by atoms with E-state index in [4.69, 9.17) is 4.74 Å². The molecule has 22 heavy (non-hydrogen) atoms. The normalized spacial score (nSPS) is 11.3. The fourth-order valence-corrected chi connectivity index (χ4v) is 2.53. The molecular weight excluding hydrogens is 300 g/mol. The van der Waals surface area contributed by atoms with E-state index >= 15 is 0 Å². The van der Waals surface area contributed by atoms with E-state index in [-0.39, 0.29) is 5.97 Å². The second kappa shape index (κ2) is 11.0. The molecule has 1 aromatic heterocycles. The first-order chi connectivity index (χ1) is 10.7. The van der Waals surface area contributed by atoms with Crippen LogP contribution in [0.15, 0.2) is 11.2 Å². The SMILES string of the molecule is CCNC(=NCc1ncc(CC)s1)NCCCC(=O)OCC. The highest BCUT2D eigenvalue weighted by atomic mass is 32.1. The van der Waals surface area contributed by atoms with E-state index in [0.29, 0.717) is 26.1 Å². The summed E-state index contributed by atoms with van der Waals surface area (Å²) in [5, 5.41) is 7.42. The summed E-state index contributed by atoms with van der Waals surface area (Å²) < 4.78 is 4.90. The predicted octanol–water partition coefficient (Wildman–Crippen LogP) is 2.10. The van der Waals surface area contributed by atoms with Crippen LogP contribution in [0.3, 0.4) is 0 Å². The first-order valence-corrected chi connectivity index (χ1v) is 8.62. The summed E-state index contributed by atoms with van der Waals surface area (Å²) in [7, 11) is 0. The van der Waals surface area contributed by atoms with Crippen molar-refractivity contribution < 1.29 is 9.53 Å². The summed E-state index contributed by atoms with van der Waals surface area (Å²) in [6, 6.07) is 0. The van der Waals surface area contributed by atoms with Gasteiger partial charge in [0, 0.05) is 30.6 Å². The third kappa shape index (κ3) is 7.40. The standard InChI is InChI=1S/C15H26N4O2S/c1-4-12-10-18-13(22-12)11-19-15(16-5-2)17-9-7-8-14(20)21-6-3/h10H,4-9,11H2,1-3H3,(H2,16,17,19). The number of hydrogen-bond donors (Lipinski definition) is 2. The highest BCUT2D eigenvalue weighted by molar-refractivity contribution is 7.11. The van der Waals surface area contributed by atoms with Crippen LogP contribution in [0.4, 0.5) is 0 Å². The number of aliphatic imine (C=N–C) groups is 1. The number of hydrogen-bond acceptors (Lipinski definition) is 5. The Morgan fingerprint density at radius 2 is 2.18 bits per heavy atom. The number of guanidine groups is 1. The lowest BCUT2D eigenvalue weighted by Gasteiger charge is -2.10. The second-order valence-corrected chi connectivity index (χ2v) is 5.80. The number of ether oxygens (including phenoxy) is 1. The summed E-state index contributed by atoms with van der Waals surface area (Å²) in [6.07, 6.45) is 4.07. The summed E-state index contributed by atoms with van der Waals surface area (Å²) >= 11 is 1.70. The zero-order valence-electron chi connectivity index (χ0n) is 13.6. The number of esters is 1. The Hall–Kier alpha value is -1.63. The van der Waals surface area contributed by atoms with E-state index in [1.165, 1.54) is 4.88 Å². The minimum absolute atomic E-state index is 0.152. The Morgan fingerprint density at radius 1 is 1.36 bits per heavy atom. The van der Waals surface area contributed by atoms with Gasteiger partial charge in [0.15, 0.2) is 5.96 Å². The lowest BCUT2D eigenvalue weighted by Crippen LogP contribution is -2.37. The number of aromatic nitrogens is 1. The van der Waals surface area contributed by atoms with Crippen LogP contribution in [-0.2, 0) is 22.5 Å². The van der Waals surface area contributed by atoms with Gasteiger partial charge in [0.2, 0.25) is 0 Å². The lowest BCUT2D eigenvalue weighted by atomic mass is 10.3. The zero-order valence-corrected chi connectivity index (χ0v) is 14.5. The van der Waals surface area contributed by atoms with Crippen LogP contribution in [0.5, 0.6) is 0 Å². The molecule has 124 valence electrons. The summed E-state index contributed by atoms with van der Waals surface area (Å²) in [4.78, 5) is 21.4. The van der Waals surface area contributed by atoms with Crippen LogP contribution in [0.1, 0.15) is 43.5 Å². The highest BCUT2D eigenvalue weighted by Crippen LogP contribution is 2.13. The van der Waals surface area contributed by atoms with Gasteiger partial charge < -0.3 is 15.4 Å². The number of thiazole rings is 1. The summed E-state index contributed by atoms with van der Waals surface area (Å²) in [5.74, 6) is 0.598. The van der Waals surface area contributed by atoms with Gasteiger partial charge in [-0.3, -0.25) is 4.79 Å². The van der Waals surface area contributed by atoms with Crippen molar-refractivity contribution in [1.29, 1.82) is 0 Å². The quantitative estimate of drug-likeness (QED) is 0.315. The van der Waals surface area contributed by atoms with E-state index in [9.17, 15) is 4.79 Å². The Labute approximate surface area is 136 Å². The highest BCUT2D eigenvalue weighted by Gasteiger charge is 2.03. The van der Waals surface area contributed by atoms with Crippen molar-refractivity contribution in [3.05, 3.63) is 16.1 Å². The molecule has 1 rings (SSSR count). The van der Waals surface area contributed by atoms with E-state index in [1.54, 1.807) is 11.3 Å². The maximum Gasteiger partial charge on any atom is 0.305 e. The Morgan fingerprint density at radius 3 is 2.82 bits per heavy atom. The van der Waals surface area contributed by atoms with Crippen LogP contribution in [0, 0.1) is 0 Å². The first-order valence-electron chi connectivity index (χ1n) is 7.80. The van der Waals surface area contributed by atoms with Gasteiger partial charge in [0.25, 0.3) is 0 Å². The third-order valence-corrected chi connectivity index (χ3v) is 3.95. The van der Waals surface area contributed by atoms with Gasteiger partial charge in [-0.2, -0.15) is 0 Å². The molecule has 0 amide bonds. The second-order valence-electron chi connectivity index (χ2n) is 4.60. The summed E-state index contributed by atoms with van der Waals surface area (Å²) in [6.45, 7) is 8.44. The number of aryl methyl sites for hydroxylation is 1. The average Bonchev–Trinajstić information content (AvgIpc) is 2.97. The molecule has 0 atom stereocenters. The lowest BCUT2D eigenvalue weighted by molar-refractivity contribution is -0.143. The van der Waals surface area contributed by atoms with Crippen molar-refractivity contribution in [2.24, 2.45) is 4.99 Å². The van der Waals surface area contributed by atoms with Crippen molar-refractivity contribution in [1.82, 2.24) is 15.6 Å². The average molecular weight is 326 g/mol. The smallest absolute Gasteiger partial charge is 0.305 e. The van der Waals surface area contributed by atoms with Crippen LogP contribution in [-0.4, -0.2) is 36.6 Å². The van der Waals surface area contributed by atoms with E-state index in [0.717, 1.165) is 30.4 Å². The molecule has 0 aliphatic carbocycles. The van der Waals surface area contributed by atoms with Crippen molar-refractivity contribution in [2.75, 3.05) is 19.7 Å². The number of carbonyl (C=O) groups is 1. The molecule has 0 aromatic carbocycles. The molecular formula is C15H26N4O2S. The predicted molar refractivity (Wildman–Crippen MR) is 90.2 cm³/mol. The molecule has 0 aliphatic heterocycles. The molecule has 2 N–H and O–H groups in total. The molecule has 0 bridgehead atoms. The van der Waals surface area contributed by atoms with Crippen molar-refractivity contribution >= 4 is 23.3 Å². The van der Waals surface area contributed by atoms with Gasteiger partial charge in [-0.25, -0.2) is 9.98 Å². The number of carbonyl (C=O) groups excluding carboxylic acids is 1. The molecule has 7 heteroatoms. The van der Waals surface area contributed by atoms with Crippen molar-refractivity contribution in [2.45, 2.75) is 46.6 Å². The summed E-state index contributed by atoms with van der Waals surface area (Å²) in [5.41, 5.74) is 0. The monoisotopic (exact) mass is 326 g/mol. The van der Waals surface area contributed by atoms with Crippen LogP contribution >= 0.6 is 11.3 Å². The molecule has 1 heterocycles. The number of rotatable bonds is 9. The maximum absolute atomic E-state index is 11.3. The topological polar surface area (TPSA) is 75.6 Å². The Bertz CT molecular complexity index is 474. The van der Waals surface area contributed by atoms with E-state index < -0.39 is 0 Å². The third-order valence-electron chi connectivity index (χ3n) is 2.82. The Kier molecular flexibility index (Phi) is 9.21. The molecule has 0 saturated heterocycles. The zero-order chi connectivity index (χ0) is 16.2. The number of nitrogens with one attached hydrogen (secondary N) is 2. The van der Waals surface area contributed by atoms with Crippen LogP contribution in [0.2, 0.25) is 0 Å². The first kappa shape index (κ1) is 18.4. The largest absolute Gasteiger partial charge is 0.466 e. The Balaban J connectivity index is 2.36. The van der Waals surface area contributed by atoms with Gasteiger partial charge in [0.1, 0.15) is 5.01 Å². The molecule has 1 aromatic rings. The molecule has 0 saturated carbocycles. The van der Waals surface area contributed by atoms with Gasteiger partial charge in [0.05, 0.1) is 13.2 Å². The number of nitrogens with zero attached hydrogens (tertiary/aromatic N) is 2. The van der Waals surface area contributed by atoms with Crippen LogP contribution in [0.25, 0.3) is 0 Å². The van der Waals surface area contributed by atoms with Crippen molar-refractivity contribution in [3.8, 4) is 0 Å². The van der Waals surface area contributed by atoms with Crippen molar-refractivity contribution in [3.63, 3.8) is 0 Å². The molecule has 0 aliphatic rings. The van der Waals surface area contributed by atoms with Gasteiger partial charge in [-0.1, -0.05) is 6.92 Å². The molecule has 0 fully saturated rings.